The molecule has 0 saturated heterocycles. The van der Waals surface area contributed by atoms with E-state index in [4.69, 9.17) is 13.9 Å². The molecule has 3 rings (SSSR count). The lowest BCUT2D eigenvalue weighted by atomic mass is 10.1. The zero-order valence-corrected chi connectivity index (χ0v) is 19.5. The Balaban J connectivity index is 1.63. The van der Waals surface area contributed by atoms with Crippen molar-refractivity contribution in [2.75, 3.05) is 30.2 Å². The second kappa shape index (κ2) is 11.0. The topological polar surface area (TPSA) is 119 Å². The van der Waals surface area contributed by atoms with Crippen LogP contribution in [0.2, 0.25) is 0 Å². The average Bonchev–Trinajstić information content (AvgIpc) is 3.36. The standard InChI is InChI=1S/C25H27N3O6/c1-15-7-8-17(12-16(15)2)26-23(29)9-10-24(30)27-18-13-22(33-4)19(14-21(18)32-3)28-25(31)20-6-5-11-34-20/h5-8,11-14H,9-10H2,1-4H3,(H,26,29)(H,27,30)(H,28,31). The van der Waals surface area contributed by atoms with Crippen LogP contribution in [0.1, 0.15) is 34.5 Å². The molecule has 2 aromatic carbocycles. The number of hydrogen-bond acceptors (Lipinski definition) is 6. The lowest BCUT2D eigenvalue weighted by Crippen LogP contribution is -2.18. The molecule has 0 aliphatic carbocycles. The van der Waals surface area contributed by atoms with Crippen LogP contribution in [0, 0.1) is 13.8 Å². The predicted octanol–water partition coefficient (Wildman–Crippen LogP) is 4.52. The summed E-state index contributed by atoms with van der Waals surface area (Å²) in [6, 6.07) is 11.8. The van der Waals surface area contributed by atoms with E-state index in [1.54, 1.807) is 6.07 Å². The van der Waals surface area contributed by atoms with Crippen LogP contribution in [-0.4, -0.2) is 31.9 Å². The van der Waals surface area contributed by atoms with Crippen molar-refractivity contribution in [3.8, 4) is 11.5 Å². The molecule has 0 spiro atoms. The molecule has 3 amide bonds. The third kappa shape index (κ3) is 6.16. The van der Waals surface area contributed by atoms with Crippen molar-refractivity contribution in [3.05, 3.63) is 65.6 Å². The number of ether oxygens (including phenoxy) is 2. The molecule has 34 heavy (non-hydrogen) atoms. The average molecular weight is 466 g/mol. The van der Waals surface area contributed by atoms with Crippen molar-refractivity contribution in [2.45, 2.75) is 26.7 Å². The van der Waals surface area contributed by atoms with E-state index in [1.807, 2.05) is 32.0 Å². The fraction of sp³-hybridized carbons (Fsp3) is 0.240. The molecule has 0 saturated carbocycles. The third-order valence-corrected chi connectivity index (χ3v) is 5.16. The van der Waals surface area contributed by atoms with Gasteiger partial charge in [0.2, 0.25) is 11.8 Å². The summed E-state index contributed by atoms with van der Waals surface area (Å²) < 4.78 is 15.8. The van der Waals surface area contributed by atoms with Gasteiger partial charge in [0, 0.05) is 30.7 Å². The summed E-state index contributed by atoms with van der Waals surface area (Å²) in [5.41, 5.74) is 3.57. The first kappa shape index (κ1) is 24.4. The van der Waals surface area contributed by atoms with Crippen LogP contribution in [0.25, 0.3) is 0 Å². The Bertz CT molecular complexity index is 1190. The number of nitrogens with one attached hydrogen (secondary N) is 3. The molecule has 9 heteroatoms. The Kier molecular flexibility index (Phi) is 7.92. The maximum Gasteiger partial charge on any atom is 0.291 e. The van der Waals surface area contributed by atoms with Gasteiger partial charge in [-0.1, -0.05) is 6.07 Å². The molecule has 0 unspecified atom stereocenters. The highest BCUT2D eigenvalue weighted by atomic mass is 16.5. The van der Waals surface area contributed by atoms with Crippen molar-refractivity contribution in [1.82, 2.24) is 0 Å². The lowest BCUT2D eigenvalue weighted by molar-refractivity contribution is -0.121. The maximum absolute atomic E-state index is 12.5. The lowest BCUT2D eigenvalue weighted by Gasteiger charge is -2.16. The minimum absolute atomic E-state index is 0.00942. The minimum Gasteiger partial charge on any atom is -0.494 e. The van der Waals surface area contributed by atoms with Crippen molar-refractivity contribution in [3.63, 3.8) is 0 Å². The summed E-state index contributed by atoms with van der Waals surface area (Å²) >= 11 is 0. The predicted molar refractivity (Wildman–Crippen MR) is 129 cm³/mol. The molecule has 0 radical (unpaired) electrons. The van der Waals surface area contributed by atoms with Gasteiger partial charge in [0.05, 0.1) is 31.9 Å². The third-order valence-electron chi connectivity index (χ3n) is 5.16. The van der Waals surface area contributed by atoms with Gasteiger partial charge in [0.25, 0.3) is 5.91 Å². The summed E-state index contributed by atoms with van der Waals surface area (Å²) in [6.45, 7) is 3.96. The van der Waals surface area contributed by atoms with Gasteiger partial charge in [-0.2, -0.15) is 0 Å². The largest absolute Gasteiger partial charge is 0.494 e. The van der Waals surface area contributed by atoms with Crippen molar-refractivity contribution >= 4 is 34.8 Å². The maximum atomic E-state index is 12.5. The number of rotatable bonds is 9. The second-order valence-electron chi connectivity index (χ2n) is 7.58. The highest BCUT2D eigenvalue weighted by Gasteiger charge is 2.17. The van der Waals surface area contributed by atoms with E-state index in [0.717, 1.165) is 11.1 Å². The van der Waals surface area contributed by atoms with Crippen LogP contribution in [0.4, 0.5) is 17.1 Å². The summed E-state index contributed by atoms with van der Waals surface area (Å²) in [5.74, 6) is -0.344. The van der Waals surface area contributed by atoms with Crippen LogP contribution >= 0.6 is 0 Å². The van der Waals surface area contributed by atoms with Crippen LogP contribution in [0.3, 0.4) is 0 Å². The zero-order chi connectivity index (χ0) is 24.7. The number of hydrogen-bond donors (Lipinski definition) is 3. The van der Waals surface area contributed by atoms with Gasteiger partial charge in [-0.25, -0.2) is 0 Å². The Labute approximate surface area is 197 Å². The molecule has 1 heterocycles. The summed E-state index contributed by atoms with van der Waals surface area (Å²) in [4.78, 5) is 37.0. The van der Waals surface area contributed by atoms with Crippen molar-refractivity contribution in [1.29, 1.82) is 0 Å². The smallest absolute Gasteiger partial charge is 0.291 e. The number of aryl methyl sites for hydroxylation is 2. The van der Waals surface area contributed by atoms with E-state index in [-0.39, 0.29) is 30.4 Å². The Morgan fingerprint density at radius 3 is 1.97 bits per heavy atom. The number of carbonyl (C=O) groups excluding carboxylic acids is 3. The monoisotopic (exact) mass is 465 g/mol. The first-order valence-corrected chi connectivity index (χ1v) is 10.6. The van der Waals surface area contributed by atoms with Gasteiger partial charge in [-0.15, -0.1) is 0 Å². The van der Waals surface area contributed by atoms with E-state index in [1.165, 1.54) is 38.7 Å². The van der Waals surface area contributed by atoms with Crippen LogP contribution < -0.4 is 25.4 Å². The number of furan rings is 1. The van der Waals surface area contributed by atoms with E-state index in [0.29, 0.717) is 28.6 Å². The number of methoxy groups -OCH3 is 2. The SMILES string of the molecule is COc1cc(NC(=O)c2ccco2)c(OC)cc1NC(=O)CCC(=O)Nc1ccc(C)c(C)c1. The highest BCUT2D eigenvalue weighted by Crippen LogP contribution is 2.36. The van der Waals surface area contributed by atoms with E-state index in [2.05, 4.69) is 16.0 Å². The highest BCUT2D eigenvalue weighted by molar-refractivity contribution is 6.04. The first-order valence-electron chi connectivity index (χ1n) is 10.6. The van der Waals surface area contributed by atoms with Gasteiger partial charge in [-0.3, -0.25) is 14.4 Å². The molecule has 0 bridgehead atoms. The molecule has 3 aromatic rings. The quantitative estimate of drug-likeness (QED) is 0.427. The molecule has 178 valence electrons. The van der Waals surface area contributed by atoms with Crippen LogP contribution in [0.5, 0.6) is 11.5 Å². The van der Waals surface area contributed by atoms with Crippen LogP contribution in [-0.2, 0) is 9.59 Å². The normalized spacial score (nSPS) is 10.4. The molecular formula is C25H27N3O6. The van der Waals surface area contributed by atoms with E-state index in [9.17, 15) is 14.4 Å². The van der Waals surface area contributed by atoms with Crippen LogP contribution in [0.15, 0.2) is 53.1 Å². The van der Waals surface area contributed by atoms with E-state index >= 15 is 0 Å². The van der Waals surface area contributed by atoms with Gasteiger partial charge in [0.1, 0.15) is 11.5 Å². The summed E-state index contributed by atoms with van der Waals surface area (Å²) in [5, 5.41) is 8.21. The molecular weight excluding hydrogens is 438 g/mol. The minimum atomic E-state index is -0.461. The second-order valence-corrected chi connectivity index (χ2v) is 7.58. The number of carbonyl (C=O) groups is 3. The Hall–Kier alpha value is -4.27. The van der Waals surface area contributed by atoms with Gasteiger partial charge in [-0.05, 0) is 49.2 Å². The van der Waals surface area contributed by atoms with E-state index < -0.39 is 5.91 Å². The summed E-state index contributed by atoms with van der Waals surface area (Å²) in [7, 11) is 2.87. The van der Waals surface area contributed by atoms with Crippen molar-refractivity contribution < 1.29 is 28.3 Å². The molecule has 9 nitrogen and oxygen atoms in total. The molecule has 0 atom stereocenters. The van der Waals surface area contributed by atoms with Crippen molar-refractivity contribution in [2.24, 2.45) is 0 Å². The van der Waals surface area contributed by atoms with Gasteiger partial charge >= 0.3 is 0 Å². The Morgan fingerprint density at radius 2 is 1.41 bits per heavy atom. The number of benzene rings is 2. The molecule has 0 aliphatic heterocycles. The molecule has 0 fully saturated rings. The number of anilines is 3. The fourth-order valence-corrected chi connectivity index (χ4v) is 3.17. The van der Waals surface area contributed by atoms with Gasteiger partial charge in [0.15, 0.2) is 5.76 Å². The number of amides is 3. The first-order chi connectivity index (χ1) is 16.3. The molecule has 1 aromatic heterocycles. The zero-order valence-electron chi connectivity index (χ0n) is 19.5. The Morgan fingerprint density at radius 1 is 0.794 bits per heavy atom. The summed E-state index contributed by atoms with van der Waals surface area (Å²) in [6.07, 6.45) is 1.38. The fourth-order valence-electron chi connectivity index (χ4n) is 3.17. The van der Waals surface area contributed by atoms with Gasteiger partial charge < -0.3 is 29.8 Å². The molecule has 3 N–H and O–H groups in total. The molecule has 0 aliphatic rings.